The fourth-order valence-corrected chi connectivity index (χ4v) is 1.47. The van der Waals surface area contributed by atoms with E-state index in [4.69, 9.17) is 5.11 Å². The van der Waals surface area contributed by atoms with Crippen molar-refractivity contribution in [1.29, 1.82) is 0 Å². The number of alkyl halides is 3. The summed E-state index contributed by atoms with van der Waals surface area (Å²) < 4.78 is 37.2. The predicted octanol–water partition coefficient (Wildman–Crippen LogP) is 3.92. The van der Waals surface area contributed by atoms with E-state index in [1.165, 1.54) is 6.07 Å². The number of benzene rings is 1. The van der Waals surface area contributed by atoms with E-state index in [1.807, 2.05) is 13.8 Å². The van der Waals surface area contributed by atoms with Crippen LogP contribution in [0.5, 0.6) is 0 Å². The van der Waals surface area contributed by atoms with Gasteiger partial charge in [0.15, 0.2) is 0 Å². The molecule has 0 aromatic heterocycles. The molecule has 0 fully saturated rings. The maximum Gasteiger partial charge on any atom is 0.416 e. The number of carbonyl (C=O) groups is 1. The van der Waals surface area contributed by atoms with Crippen LogP contribution in [0.4, 0.5) is 13.2 Å². The second-order valence-corrected chi connectivity index (χ2v) is 3.41. The van der Waals surface area contributed by atoms with E-state index in [2.05, 4.69) is 0 Å². The Bertz CT molecular complexity index is 398. The van der Waals surface area contributed by atoms with Gasteiger partial charge in [-0.2, -0.15) is 13.2 Å². The van der Waals surface area contributed by atoms with Crippen LogP contribution in [0.3, 0.4) is 0 Å². The van der Waals surface area contributed by atoms with E-state index < -0.39 is 17.7 Å². The topological polar surface area (TPSA) is 37.3 Å². The van der Waals surface area contributed by atoms with E-state index in [9.17, 15) is 18.0 Å². The zero-order valence-corrected chi connectivity index (χ0v) is 10.6. The largest absolute Gasteiger partial charge is 0.481 e. The molecule has 1 aromatic carbocycles. The Labute approximate surface area is 104 Å². The minimum atomic E-state index is -4.43. The lowest BCUT2D eigenvalue weighted by Crippen LogP contribution is -2.09. The van der Waals surface area contributed by atoms with Gasteiger partial charge in [-0.3, -0.25) is 4.79 Å². The van der Waals surface area contributed by atoms with Crippen molar-refractivity contribution in [2.24, 2.45) is 0 Å². The maximum atomic E-state index is 12.4. The van der Waals surface area contributed by atoms with Gasteiger partial charge in [0.1, 0.15) is 0 Å². The van der Waals surface area contributed by atoms with Gasteiger partial charge in [0, 0.05) is 0 Å². The average molecular weight is 262 g/mol. The molecule has 1 aromatic rings. The summed E-state index contributed by atoms with van der Waals surface area (Å²) >= 11 is 0. The Hall–Kier alpha value is -1.52. The summed E-state index contributed by atoms with van der Waals surface area (Å²) in [6, 6.07) is 3.22. The summed E-state index contributed by atoms with van der Waals surface area (Å²) in [5.74, 6) is -1.13. The van der Waals surface area contributed by atoms with Crippen LogP contribution in [0, 0.1) is 0 Å². The number of hydrogen-bond acceptors (Lipinski definition) is 1. The van der Waals surface area contributed by atoms with Crippen molar-refractivity contribution in [3.05, 3.63) is 34.9 Å². The first-order valence-electron chi connectivity index (χ1n) is 5.75. The van der Waals surface area contributed by atoms with Crippen LogP contribution >= 0.6 is 0 Å². The molecular weight excluding hydrogens is 245 g/mol. The highest BCUT2D eigenvalue weighted by Crippen LogP contribution is 2.30. The lowest BCUT2D eigenvalue weighted by Gasteiger charge is -2.11. The predicted molar refractivity (Wildman–Crippen MR) is 63.5 cm³/mol. The highest BCUT2D eigenvalue weighted by Gasteiger charge is 2.30. The summed E-state index contributed by atoms with van der Waals surface area (Å²) in [6.45, 7) is 5.77. The second-order valence-electron chi connectivity index (χ2n) is 3.41. The molecule has 0 radical (unpaired) electrons. The average Bonchev–Trinajstić information content (AvgIpc) is 2.29. The zero-order valence-electron chi connectivity index (χ0n) is 10.6. The molecular formula is C13H17F3O2. The van der Waals surface area contributed by atoms with E-state index >= 15 is 0 Å². The Morgan fingerprint density at radius 2 is 1.78 bits per heavy atom. The van der Waals surface area contributed by atoms with Crippen LogP contribution < -0.4 is 0 Å². The van der Waals surface area contributed by atoms with Gasteiger partial charge in [-0.15, -0.1) is 0 Å². The third kappa shape index (κ3) is 4.77. The van der Waals surface area contributed by atoms with Crippen LogP contribution in [0.25, 0.3) is 0 Å². The van der Waals surface area contributed by atoms with Crippen molar-refractivity contribution in [1.82, 2.24) is 0 Å². The molecule has 0 atom stereocenters. The molecule has 1 rings (SSSR count). The van der Waals surface area contributed by atoms with Crippen molar-refractivity contribution in [2.75, 3.05) is 0 Å². The lowest BCUT2D eigenvalue weighted by atomic mass is 9.99. The monoisotopic (exact) mass is 262 g/mol. The molecule has 1 N–H and O–H groups in total. The maximum absolute atomic E-state index is 12.4. The van der Waals surface area contributed by atoms with E-state index in [-0.39, 0.29) is 12.0 Å². The smallest absolute Gasteiger partial charge is 0.416 e. The van der Waals surface area contributed by atoms with Crippen LogP contribution in [0.1, 0.15) is 37.5 Å². The molecule has 0 bridgehead atoms. The van der Waals surface area contributed by atoms with Crippen LogP contribution in [-0.4, -0.2) is 11.1 Å². The molecule has 0 aliphatic rings. The quantitative estimate of drug-likeness (QED) is 0.896. The van der Waals surface area contributed by atoms with Gasteiger partial charge >= 0.3 is 12.1 Å². The SMILES string of the molecule is CC.CCc1ccc(C(F)(F)F)cc1CC(=O)O. The Morgan fingerprint density at radius 3 is 2.17 bits per heavy atom. The fourth-order valence-electron chi connectivity index (χ4n) is 1.47. The molecule has 0 saturated carbocycles. The Morgan fingerprint density at radius 1 is 1.22 bits per heavy atom. The van der Waals surface area contributed by atoms with Gasteiger partial charge < -0.3 is 5.11 Å². The first-order valence-corrected chi connectivity index (χ1v) is 5.75. The second kappa shape index (κ2) is 7.03. The van der Waals surface area contributed by atoms with E-state index in [1.54, 1.807) is 6.92 Å². The van der Waals surface area contributed by atoms with Gasteiger partial charge in [-0.25, -0.2) is 0 Å². The molecule has 5 heteroatoms. The Balaban J connectivity index is 0.00000137. The van der Waals surface area contributed by atoms with E-state index in [0.29, 0.717) is 12.0 Å². The normalized spacial score (nSPS) is 10.6. The van der Waals surface area contributed by atoms with Gasteiger partial charge in [0.25, 0.3) is 0 Å². The standard InChI is InChI=1S/C11H11F3O2.C2H6/c1-2-7-3-4-9(11(12,13)14)5-8(7)6-10(15)16;1-2/h3-5H,2,6H2,1H3,(H,15,16);1-2H3. The lowest BCUT2D eigenvalue weighted by molar-refractivity contribution is -0.138. The molecule has 0 aliphatic heterocycles. The van der Waals surface area contributed by atoms with Crippen LogP contribution in [-0.2, 0) is 23.8 Å². The first kappa shape index (κ1) is 16.5. The molecule has 0 unspecified atom stereocenters. The number of carboxylic acids is 1. The molecule has 0 saturated heterocycles. The molecule has 2 nitrogen and oxygen atoms in total. The van der Waals surface area contributed by atoms with Gasteiger partial charge in [-0.05, 0) is 29.7 Å². The molecule has 18 heavy (non-hydrogen) atoms. The molecule has 0 aliphatic carbocycles. The number of hydrogen-bond donors (Lipinski definition) is 1. The minimum absolute atomic E-state index is 0.227. The third-order valence-corrected chi connectivity index (χ3v) is 2.26. The molecule has 0 amide bonds. The zero-order chi connectivity index (χ0) is 14.3. The van der Waals surface area contributed by atoms with Crippen molar-refractivity contribution in [2.45, 2.75) is 39.8 Å². The van der Waals surface area contributed by atoms with Crippen molar-refractivity contribution < 1.29 is 23.1 Å². The van der Waals surface area contributed by atoms with Crippen molar-refractivity contribution in [3.8, 4) is 0 Å². The third-order valence-electron chi connectivity index (χ3n) is 2.26. The number of carboxylic acid groups (broad SMARTS) is 1. The van der Waals surface area contributed by atoms with Gasteiger partial charge in [0.2, 0.25) is 0 Å². The minimum Gasteiger partial charge on any atom is -0.481 e. The highest BCUT2D eigenvalue weighted by atomic mass is 19.4. The van der Waals surface area contributed by atoms with Gasteiger partial charge in [-0.1, -0.05) is 26.8 Å². The summed E-state index contributed by atoms with van der Waals surface area (Å²) in [7, 11) is 0. The molecule has 102 valence electrons. The summed E-state index contributed by atoms with van der Waals surface area (Å²) in [4.78, 5) is 10.5. The van der Waals surface area contributed by atoms with Crippen molar-refractivity contribution >= 4 is 5.97 Å². The summed E-state index contributed by atoms with van der Waals surface area (Å²) in [5.41, 5.74) is 0.0566. The summed E-state index contributed by atoms with van der Waals surface area (Å²) in [5, 5.41) is 8.60. The highest BCUT2D eigenvalue weighted by molar-refractivity contribution is 5.70. The number of aliphatic carboxylic acids is 1. The Kier molecular flexibility index (Phi) is 6.44. The molecule has 0 spiro atoms. The van der Waals surface area contributed by atoms with Crippen LogP contribution in [0.15, 0.2) is 18.2 Å². The number of rotatable bonds is 3. The fraction of sp³-hybridized carbons (Fsp3) is 0.462. The summed E-state index contributed by atoms with van der Waals surface area (Å²) in [6.07, 6.45) is -4.30. The van der Waals surface area contributed by atoms with E-state index in [0.717, 1.165) is 12.1 Å². The molecule has 0 heterocycles. The number of aryl methyl sites for hydroxylation is 1. The van der Waals surface area contributed by atoms with Gasteiger partial charge in [0.05, 0.1) is 12.0 Å². The first-order chi connectivity index (χ1) is 8.34. The van der Waals surface area contributed by atoms with Crippen molar-refractivity contribution in [3.63, 3.8) is 0 Å². The van der Waals surface area contributed by atoms with Crippen LogP contribution in [0.2, 0.25) is 0 Å². The number of halogens is 3.